The second-order valence-electron chi connectivity index (χ2n) is 4.09. The molecule has 0 saturated heterocycles. The molecule has 1 aromatic rings. The summed E-state index contributed by atoms with van der Waals surface area (Å²) >= 11 is 0. The van der Waals surface area contributed by atoms with Crippen LogP contribution in [0.4, 0.5) is 0 Å². The Balaban J connectivity index is 2.47. The third kappa shape index (κ3) is 4.75. The third-order valence-corrected chi connectivity index (χ3v) is 2.59. The second kappa shape index (κ2) is 7.71. The van der Waals surface area contributed by atoms with Crippen molar-refractivity contribution in [3.8, 4) is 5.75 Å². The van der Waals surface area contributed by atoms with Crippen molar-refractivity contribution in [2.45, 2.75) is 32.3 Å². The number of aliphatic hydroxyl groups is 1. The molecule has 1 atom stereocenters. The minimum Gasteiger partial charge on any atom is -0.494 e. The summed E-state index contributed by atoms with van der Waals surface area (Å²) in [5.41, 5.74) is 0.871. The number of unbranched alkanes of at least 4 members (excludes halogenated alkanes) is 1. The number of carbonyl (C=O) groups is 1. The van der Waals surface area contributed by atoms with Crippen molar-refractivity contribution in [2.75, 3.05) is 13.7 Å². The van der Waals surface area contributed by atoms with Crippen LogP contribution < -0.4 is 4.74 Å². The van der Waals surface area contributed by atoms with Crippen LogP contribution >= 0.6 is 0 Å². The Kier molecular flexibility index (Phi) is 6.22. The van der Waals surface area contributed by atoms with Crippen LogP contribution in [-0.2, 0) is 16.0 Å². The van der Waals surface area contributed by atoms with Gasteiger partial charge in [0.25, 0.3) is 0 Å². The van der Waals surface area contributed by atoms with Gasteiger partial charge in [0.15, 0.2) is 6.10 Å². The number of carbonyl (C=O) groups excluding carboxylic acids is 1. The van der Waals surface area contributed by atoms with E-state index in [4.69, 9.17) is 4.74 Å². The summed E-state index contributed by atoms with van der Waals surface area (Å²) in [4.78, 5) is 11.1. The first kappa shape index (κ1) is 14.5. The van der Waals surface area contributed by atoms with E-state index >= 15 is 0 Å². The molecule has 0 saturated carbocycles. The Bertz CT molecular complexity index is 359. The Morgan fingerprint density at radius 3 is 2.56 bits per heavy atom. The molecule has 0 aromatic heterocycles. The van der Waals surface area contributed by atoms with E-state index in [0.717, 1.165) is 24.2 Å². The van der Waals surface area contributed by atoms with E-state index in [0.29, 0.717) is 6.61 Å². The molecule has 4 nitrogen and oxygen atoms in total. The zero-order valence-corrected chi connectivity index (χ0v) is 10.9. The number of ether oxygens (including phenoxy) is 2. The van der Waals surface area contributed by atoms with Crippen LogP contribution in [0, 0.1) is 0 Å². The third-order valence-electron chi connectivity index (χ3n) is 2.59. The molecule has 100 valence electrons. The summed E-state index contributed by atoms with van der Waals surface area (Å²) in [6.45, 7) is 2.82. The van der Waals surface area contributed by atoms with Gasteiger partial charge in [-0.25, -0.2) is 4.79 Å². The summed E-state index contributed by atoms with van der Waals surface area (Å²) in [6.07, 6.45) is 1.27. The van der Waals surface area contributed by atoms with Gasteiger partial charge in [-0.1, -0.05) is 25.5 Å². The first-order chi connectivity index (χ1) is 8.67. The fraction of sp³-hybridized carbons (Fsp3) is 0.500. The second-order valence-corrected chi connectivity index (χ2v) is 4.09. The Hall–Kier alpha value is -1.55. The van der Waals surface area contributed by atoms with E-state index in [1.54, 1.807) is 0 Å². The Labute approximate surface area is 108 Å². The molecule has 0 radical (unpaired) electrons. The lowest BCUT2D eigenvalue weighted by Gasteiger charge is -2.09. The van der Waals surface area contributed by atoms with E-state index in [9.17, 15) is 9.90 Å². The lowest BCUT2D eigenvalue weighted by Crippen LogP contribution is -2.24. The Morgan fingerprint density at radius 2 is 2.00 bits per heavy atom. The van der Waals surface area contributed by atoms with Gasteiger partial charge in [-0.3, -0.25) is 0 Å². The number of benzene rings is 1. The van der Waals surface area contributed by atoms with Gasteiger partial charge in [-0.15, -0.1) is 0 Å². The minimum absolute atomic E-state index is 0.252. The average molecular weight is 252 g/mol. The maximum Gasteiger partial charge on any atom is 0.335 e. The maximum atomic E-state index is 11.1. The van der Waals surface area contributed by atoms with E-state index in [-0.39, 0.29) is 6.42 Å². The van der Waals surface area contributed by atoms with Crippen LogP contribution in [0.1, 0.15) is 25.3 Å². The van der Waals surface area contributed by atoms with Gasteiger partial charge in [0.2, 0.25) is 0 Å². The lowest BCUT2D eigenvalue weighted by molar-refractivity contribution is -0.150. The summed E-state index contributed by atoms with van der Waals surface area (Å²) in [5, 5.41) is 9.51. The summed E-state index contributed by atoms with van der Waals surface area (Å²) in [6, 6.07) is 7.37. The SMILES string of the molecule is CCCCOc1ccc(C[C@@H](O)C(=O)OC)cc1. The monoisotopic (exact) mass is 252 g/mol. The summed E-state index contributed by atoms with van der Waals surface area (Å²) in [7, 11) is 1.26. The predicted molar refractivity (Wildman–Crippen MR) is 68.6 cm³/mol. The topological polar surface area (TPSA) is 55.8 Å². The molecule has 1 rings (SSSR count). The zero-order chi connectivity index (χ0) is 13.4. The van der Waals surface area contributed by atoms with Crippen molar-refractivity contribution in [2.24, 2.45) is 0 Å². The number of rotatable bonds is 7. The first-order valence-electron chi connectivity index (χ1n) is 6.15. The number of hydrogen-bond acceptors (Lipinski definition) is 4. The molecular formula is C14H20O4. The van der Waals surface area contributed by atoms with Gasteiger partial charge in [-0.2, -0.15) is 0 Å². The average Bonchev–Trinajstić information content (AvgIpc) is 2.40. The van der Waals surface area contributed by atoms with Gasteiger partial charge < -0.3 is 14.6 Å². The zero-order valence-electron chi connectivity index (χ0n) is 10.9. The molecule has 0 bridgehead atoms. The molecule has 0 aliphatic rings. The molecule has 0 unspecified atom stereocenters. The number of aliphatic hydroxyl groups excluding tert-OH is 1. The molecule has 0 aliphatic heterocycles. The Morgan fingerprint density at radius 1 is 1.33 bits per heavy atom. The van der Waals surface area contributed by atoms with Crippen LogP contribution in [0.15, 0.2) is 24.3 Å². The first-order valence-corrected chi connectivity index (χ1v) is 6.15. The minimum atomic E-state index is -1.11. The van der Waals surface area contributed by atoms with Gasteiger partial charge in [-0.05, 0) is 24.1 Å². The van der Waals surface area contributed by atoms with Crippen LogP contribution in [0.5, 0.6) is 5.75 Å². The molecule has 0 fully saturated rings. The van der Waals surface area contributed by atoms with Crippen molar-refractivity contribution in [3.63, 3.8) is 0 Å². The van der Waals surface area contributed by atoms with Gasteiger partial charge in [0.1, 0.15) is 5.75 Å². The number of esters is 1. The van der Waals surface area contributed by atoms with Gasteiger partial charge >= 0.3 is 5.97 Å². The normalized spacial score (nSPS) is 11.9. The van der Waals surface area contributed by atoms with Crippen molar-refractivity contribution < 1.29 is 19.4 Å². The van der Waals surface area contributed by atoms with Crippen LogP contribution in [0.3, 0.4) is 0 Å². The van der Waals surface area contributed by atoms with E-state index < -0.39 is 12.1 Å². The largest absolute Gasteiger partial charge is 0.494 e. The molecule has 0 amide bonds. The maximum absolute atomic E-state index is 11.1. The summed E-state index contributed by atoms with van der Waals surface area (Å²) < 4.78 is 9.98. The fourth-order valence-electron chi connectivity index (χ4n) is 1.50. The highest BCUT2D eigenvalue weighted by Crippen LogP contribution is 2.14. The number of hydrogen-bond donors (Lipinski definition) is 1. The van der Waals surface area contributed by atoms with E-state index in [2.05, 4.69) is 11.7 Å². The smallest absolute Gasteiger partial charge is 0.335 e. The van der Waals surface area contributed by atoms with Crippen LogP contribution in [0.25, 0.3) is 0 Å². The molecule has 0 spiro atoms. The molecule has 0 aliphatic carbocycles. The molecule has 1 aromatic carbocycles. The van der Waals surface area contributed by atoms with Gasteiger partial charge in [0.05, 0.1) is 13.7 Å². The van der Waals surface area contributed by atoms with Crippen molar-refractivity contribution in [1.29, 1.82) is 0 Å². The highest BCUT2D eigenvalue weighted by atomic mass is 16.5. The molecular weight excluding hydrogens is 232 g/mol. The molecule has 0 heterocycles. The molecule has 1 N–H and O–H groups in total. The van der Waals surface area contributed by atoms with Crippen LogP contribution in [-0.4, -0.2) is 30.9 Å². The fourth-order valence-corrected chi connectivity index (χ4v) is 1.50. The van der Waals surface area contributed by atoms with Crippen LogP contribution in [0.2, 0.25) is 0 Å². The number of methoxy groups -OCH3 is 1. The highest BCUT2D eigenvalue weighted by molar-refractivity contribution is 5.74. The quantitative estimate of drug-likeness (QED) is 0.595. The van der Waals surface area contributed by atoms with Gasteiger partial charge in [0, 0.05) is 6.42 Å². The predicted octanol–water partition coefficient (Wildman–Crippen LogP) is 1.94. The lowest BCUT2D eigenvalue weighted by atomic mass is 10.1. The molecule has 4 heteroatoms. The molecule has 18 heavy (non-hydrogen) atoms. The van der Waals surface area contributed by atoms with Crippen molar-refractivity contribution in [1.82, 2.24) is 0 Å². The summed E-state index contributed by atoms with van der Waals surface area (Å²) in [5.74, 6) is 0.193. The highest BCUT2D eigenvalue weighted by Gasteiger charge is 2.15. The van der Waals surface area contributed by atoms with E-state index in [1.165, 1.54) is 7.11 Å². The van der Waals surface area contributed by atoms with E-state index in [1.807, 2.05) is 24.3 Å². The van der Waals surface area contributed by atoms with Crippen molar-refractivity contribution >= 4 is 5.97 Å². The standard InChI is InChI=1S/C14H20O4/c1-3-4-9-18-12-7-5-11(6-8-12)10-13(15)14(16)17-2/h5-8,13,15H,3-4,9-10H2,1-2H3/t13-/m1/s1. The van der Waals surface area contributed by atoms with Crippen molar-refractivity contribution in [3.05, 3.63) is 29.8 Å².